The van der Waals surface area contributed by atoms with Gasteiger partial charge in [0.05, 0.1) is 25.5 Å². The van der Waals surface area contributed by atoms with Gasteiger partial charge in [0.1, 0.15) is 16.3 Å². The normalized spacial score (nSPS) is 17.9. The van der Waals surface area contributed by atoms with Crippen LogP contribution in [0.15, 0.2) is 32.2 Å². The average molecular weight is 355 g/mol. The molecule has 0 aliphatic carbocycles. The minimum absolute atomic E-state index is 0.0997. The Morgan fingerprint density at radius 3 is 2.67 bits per heavy atom. The van der Waals surface area contributed by atoms with Crippen LogP contribution in [0.5, 0.6) is 0 Å². The molecule has 0 aromatic carbocycles. The van der Waals surface area contributed by atoms with Crippen LogP contribution in [0.4, 0.5) is 0 Å². The third kappa shape index (κ3) is 3.54. The van der Waals surface area contributed by atoms with Crippen molar-refractivity contribution in [3.63, 3.8) is 0 Å². The molecule has 1 fully saturated rings. The van der Waals surface area contributed by atoms with Gasteiger partial charge in [-0.2, -0.15) is 0 Å². The number of aromatic nitrogens is 1. The molecule has 1 N–H and O–H groups in total. The van der Waals surface area contributed by atoms with Crippen molar-refractivity contribution in [3.05, 3.63) is 35.6 Å². The molecule has 3 rings (SSSR count). The highest BCUT2D eigenvalue weighted by Crippen LogP contribution is 2.24. The van der Waals surface area contributed by atoms with E-state index in [0.29, 0.717) is 18.9 Å². The Labute approximate surface area is 140 Å². The van der Waals surface area contributed by atoms with Crippen LogP contribution in [0, 0.1) is 13.8 Å². The maximum Gasteiger partial charge on any atom is 0.246 e. The number of sulfonamides is 1. The van der Waals surface area contributed by atoms with Crippen molar-refractivity contribution in [2.75, 3.05) is 32.8 Å². The topological polar surface area (TPSA) is 97.8 Å². The summed E-state index contributed by atoms with van der Waals surface area (Å²) in [6.07, 6.45) is 1.59. The van der Waals surface area contributed by atoms with E-state index in [-0.39, 0.29) is 23.2 Å². The lowest BCUT2D eigenvalue weighted by atomic mass is 10.2. The third-order valence-electron chi connectivity index (χ3n) is 4.06. The summed E-state index contributed by atoms with van der Waals surface area (Å²) >= 11 is 0. The molecule has 0 radical (unpaired) electrons. The van der Waals surface area contributed by atoms with Gasteiger partial charge >= 0.3 is 0 Å². The zero-order chi connectivity index (χ0) is 17.2. The molecule has 0 spiro atoms. The zero-order valence-corrected chi connectivity index (χ0v) is 14.5. The Bertz CT molecular complexity index is 744. The van der Waals surface area contributed by atoms with Gasteiger partial charge in [-0.1, -0.05) is 5.16 Å². The van der Waals surface area contributed by atoms with Crippen LogP contribution >= 0.6 is 0 Å². The standard InChI is InChI=1S/C15H21N3O5S/c1-11-15(12(2)23-17-11)24(19,20)16-10-13(14-4-3-7-22-14)18-5-8-21-9-6-18/h3-4,7,13,16H,5-6,8-10H2,1-2H3/t13-/m0/s1. The summed E-state index contributed by atoms with van der Waals surface area (Å²) in [7, 11) is -3.71. The van der Waals surface area contributed by atoms with Crippen LogP contribution in [0.3, 0.4) is 0 Å². The van der Waals surface area contributed by atoms with Gasteiger partial charge in [0.2, 0.25) is 10.0 Å². The second-order valence-electron chi connectivity index (χ2n) is 5.68. The molecule has 0 unspecified atom stereocenters. The fourth-order valence-electron chi connectivity index (χ4n) is 2.90. The van der Waals surface area contributed by atoms with Gasteiger partial charge in [0, 0.05) is 19.6 Å². The van der Waals surface area contributed by atoms with E-state index >= 15 is 0 Å². The molecular formula is C15H21N3O5S. The summed E-state index contributed by atoms with van der Waals surface area (Å²) in [6.45, 7) is 6.07. The van der Waals surface area contributed by atoms with Crippen LogP contribution in [-0.4, -0.2) is 51.3 Å². The Hall–Kier alpha value is -1.68. The molecule has 0 bridgehead atoms. The summed E-state index contributed by atoms with van der Waals surface area (Å²) < 4.78 is 43.7. The van der Waals surface area contributed by atoms with Crippen molar-refractivity contribution < 1.29 is 22.1 Å². The lowest BCUT2D eigenvalue weighted by molar-refractivity contribution is 0.0128. The van der Waals surface area contributed by atoms with Crippen LogP contribution < -0.4 is 4.72 Å². The van der Waals surface area contributed by atoms with E-state index in [2.05, 4.69) is 14.8 Å². The highest BCUT2D eigenvalue weighted by molar-refractivity contribution is 7.89. The predicted octanol–water partition coefficient (Wildman–Crippen LogP) is 1.24. The van der Waals surface area contributed by atoms with E-state index in [1.54, 1.807) is 26.2 Å². The van der Waals surface area contributed by atoms with E-state index in [9.17, 15) is 8.42 Å². The molecule has 24 heavy (non-hydrogen) atoms. The third-order valence-corrected chi connectivity index (χ3v) is 5.73. The molecule has 1 saturated heterocycles. The summed E-state index contributed by atoms with van der Waals surface area (Å²) in [5.74, 6) is 0.999. The molecule has 1 aliphatic heterocycles. The molecule has 0 amide bonds. The Kier molecular flexibility index (Phi) is 5.04. The van der Waals surface area contributed by atoms with Gasteiger partial charge in [-0.05, 0) is 26.0 Å². The van der Waals surface area contributed by atoms with Gasteiger partial charge in [0.15, 0.2) is 5.76 Å². The van der Waals surface area contributed by atoms with E-state index < -0.39 is 10.0 Å². The Balaban J connectivity index is 1.78. The smallest absolute Gasteiger partial charge is 0.246 e. The number of morpholine rings is 1. The first-order valence-electron chi connectivity index (χ1n) is 7.77. The van der Waals surface area contributed by atoms with E-state index in [1.165, 1.54) is 0 Å². The van der Waals surface area contributed by atoms with Crippen molar-refractivity contribution in [1.29, 1.82) is 0 Å². The summed E-state index contributed by atoms with van der Waals surface area (Å²) in [6, 6.07) is 3.45. The number of hydrogen-bond donors (Lipinski definition) is 1. The summed E-state index contributed by atoms with van der Waals surface area (Å²) in [5.41, 5.74) is 0.348. The molecule has 2 aromatic rings. The average Bonchev–Trinajstić information content (AvgIpc) is 3.19. The van der Waals surface area contributed by atoms with Crippen molar-refractivity contribution in [1.82, 2.24) is 14.8 Å². The number of nitrogens with zero attached hydrogens (tertiary/aromatic N) is 2. The number of nitrogens with one attached hydrogen (secondary N) is 1. The molecular weight excluding hydrogens is 334 g/mol. The monoisotopic (exact) mass is 355 g/mol. The first-order chi connectivity index (χ1) is 11.5. The van der Waals surface area contributed by atoms with Crippen molar-refractivity contribution >= 4 is 10.0 Å². The maximum absolute atomic E-state index is 12.6. The molecule has 9 heteroatoms. The van der Waals surface area contributed by atoms with Crippen LogP contribution in [0.1, 0.15) is 23.3 Å². The number of rotatable bonds is 6. The second-order valence-corrected chi connectivity index (χ2v) is 7.39. The largest absolute Gasteiger partial charge is 0.468 e. The van der Waals surface area contributed by atoms with Gasteiger partial charge < -0.3 is 13.7 Å². The second kappa shape index (κ2) is 7.06. The Morgan fingerprint density at radius 1 is 1.33 bits per heavy atom. The van der Waals surface area contributed by atoms with Gasteiger partial charge in [-0.3, -0.25) is 4.90 Å². The maximum atomic E-state index is 12.6. The minimum Gasteiger partial charge on any atom is -0.468 e. The van der Waals surface area contributed by atoms with Crippen molar-refractivity contribution in [2.24, 2.45) is 0 Å². The highest BCUT2D eigenvalue weighted by atomic mass is 32.2. The fourth-order valence-corrected chi connectivity index (χ4v) is 4.26. The lowest BCUT2D eigenvalue weighted by Gasteiger charge is -2.33. The van der Waals surface area contributed by atoms with Gasteiger partial charge in [-0.15, -0.1) is 0 Å². The predicted molar refractivity (Wildman–Crippen MR) is 85.0 cm³/mol. The number of ether oxygens (including phenoxy) is 1. The number of aryl methyl sites for hydroxylation is 2. The zero-order valence-electron chi connectivity index (χ0n) is 13.7. The molecule has 1 atom stereocenters. The lowest BCUT2D eigenvalue weighted by Crippen LogP contribution is -2.43. The first-order valence-corrected chi connectivity index (χ1v) is 9.25. The van der Waals surface area contributed by atoms with Crippen molar-refractivity contribution in [3.8, 4) is 0 Å². The molecule has 2 aromatic heterocycles. The molecule has 0 saturated carbocycles. The van der Waals surface area contributed by atoms with E-state index in [4.69, 9.17) is 13.7 Å². The quantitative estimate of drug-likeness (QED) is 0.832. The highest BCUT2D eigenvalue weighted by Gasteiger charge is 2.29. The number of hydrogen-bond acceptors (Lipinski definition) is 7. The van der Waals surface area contributed by atoms with Crippen LogP contribution in [0.25, 0.3) is 0 Å². The molecule has 8 nitrogen and oxygen atoms in total. The summed E-state index contributed by atoms with van der Waals surface area (Å²) in [4.78, 5) is 2.25. The first kappa shape index (κ1) is 17.2. The molecule has 1 aliphatic rings. The molecule has 132 valence electrons. The van der Waals surface area contributed by atoms with E-state index in [1.807, 2.05) is 6.07 Å². The fraction of sp³-hybridized carbons (Fsp3) is 0.533. The van der Waals surface area contributed by atoms with Gasteiger partial charge in [-0.25, -0.2) is 13.1 Å². The molecule has 3 heterocycles. The van der Waals surface area contributed by atoms with Crippen LogP contribution in [0.2, 0.25) is 0 Å². The summed E-state index contributed by atoms with van der Waals surface area (Å²) in [5, 5.41) is 3.71. The van der Waals surface area contributed by atoms with E-state index in [0.717, 1.165) is 18.8 Å². The Morgan fingerprint density at radius 2 is 2.08 bits per heavy atom. The van der Waals surface area contributed by atoms with Crippen molar-refractivity contribution in [2.45, 2.75) is 24.8 Å². The van der Waals surface area contributed by atoms with Crippen LogP contribution in [-0.2, 0) is 14.8 Å². The SMILES string of the molecule is Cc1noc(C)c1S(=O)(=O)NC[C@@H](c1ccco1)N1CCOCC1. The number of furan rings is 1. The minimum atomic E-state index is -3.71. The van der Waals surface area contributed by atoms with Gasteiger partial charge in [0.25, 0.3) is 0 Å².